The van der Waals surface area contributed by atoms with Crippen molar-refractivity contribution in [1.82, 2.24) is 35.0 Å². The third-order valence-electron chi connectivity index (χ3n) is 24.1. The van der Waals surface area contributed by atoms with Gasteiger partial charge in [0.1, 0.15) is 79.5 Å². The Morgan fingerprint density at radius 3 is 0.849 bits per heavy atom. The molecule has 810 valence electrons. The number of aliphatic hydroxyl groups excluding tert-OH is 2. The van der Waals surface area contributed by atoms with Crippen LogP contribution in [0.15, 0.2) is 152 Å². The molecule has 6 N–H and O–H groups in total. The van der Waals surface area contributed by atoms with Crippen molar-refractivity contribution in [2.75, 3.05) is 93.8 Å². The van der Waals surface area contributed by atoms with Crippen LogP contribution in [-0.2, 0) is 133 Å². The molecule has 0 aromatic heterocycles. The monoisotopic (exact) mass is 2090 g/mol. The van der Waals surface area contributed by atoms with Gasteiger partial charge in [0.2, 0.25) is 5.91 Å². The summed E-state index contributed by atoms with van der Waals surface area (Å²) in [6, 6.07) is 48.8. The Bertz CT molecular complexity index is 4950. The second-order valence-electron chi connectivity index (χ2n) is 41.3. The predicted molar refractivity (Wildman–Crippen MR) is 543 cm³/mol. The number of hydrogen-bond donors (Lipinski definition) is 5. The maximum Gasteiger partial charge on any atom is 0.410 e. The number of aliphatic hydroxyl groups is 2. The first-order valence-electron chi connectivity index (χ1n) is 48.1. The Kier molecular flexibility index (Phi) is 52.7. The van der Waals surface area contributed by atoms with Gasteiger partial charge < -0.3 is 103 Å². The van der Waals surface area contributed by atoms with E-state index in [1.54, 1.807) is 133 Å². The molecule has 0 spiro atoms. The van der Waals surface area contributed by atoms with E-state index in [2.05, 4.69) is 10.3 Å². The van der Waals surface area contributed by atoms with Crippen molar-refractivity contribution >= 4 is 109 Å². The van der Waals surface area contributed by atoms with Crippen LogP contribution >= 0.6 is 24.8 Å². The van der Waals surface area contributed by atoms with Gasteiger partial charge >= 0.3 is 66.3 Å². The number of hydrogen-bond acceptors (Lipinski definition) is 30. The molecule has 2 atom stereocenters. The largest absolute Gasteiger partial charge is 0.481 e. The predicted octanol–water partition coefficient (Wildman–Crippen LogP) is 15.3. The number of rotatable bonds is 28. The number of halogens is 2. The van der Waals surface area contributed by atoms with Crippen LogP contribution in [0.5, 0.6) is 0 Å². The van der Waals surface area contributed by atoms with Gasteiger partial charge in [-0.1, -0.05) is 152 Å². The molecule has 0 radical (unpaired) electrons. The van der Waals surface area contributed by atoms with E-state index in [0.717, 1.165) is 39.2 Å². The van der Waals surface area contributed by atoms with Crippen molar-refractivity contribution in [3.63, 3.8) is 0 Å². The number of carboxylic acids is 1. The molecule has 5 heterocycles. The number of benzene rings is 5. The lowest BCUT2D eigenvalue weighted by Crippen LogP contribution is -2.53. The molecule has 2 unspecified atom stereocenters. The summed E-state index contributed by atoms with van der Waals surface area (Å²) in [5.74, 6) is -4.57. The zero-order valence-corrected chi connectivity index (χ0v) is 89.5. The van der Waals surface area contributed by atoms with Crippen LogP contribution in [0.2, 0.25) is 0 Å². The Hall–Kier alpha value is -12.3. The minimum absolute atomic E-state index is 0. The second kappa shape index (κ2) is 60.1. The molecule has 38 nitrogen and oxygen atoms in total. The van der Waals surface area contributed by atoms with Gasteiger partial charge in [0.05, 0.1) is 63.2 Å². The Balaban J connectivity index is 0.000000463. The summed E-state index contributed by atoms with van der Waals surface area (Å²) in [6.07, 6.45) is -1.67. The number of nitrogens with two attached hydrogens (primary N) is 1. The Labute approximate surface area is 869 Å². The number of primary amides is 1. The molecular formula is C106H153Cl2N9O29. The highest BCUT2D eigenvalue weighted by atomic mass is 35.5. The quantitative estimate of drug-likeness (QED) is 0.0102. The fourth-order valence-electron chi connectivity index (χ4n) is 16.2. The highest BCUT2D eigenvalue weighted by Crippen LogP contribution is 2.44. The fraction of sp³-hybridized carbons (Fsp3) is 0.575. The Morgan fingerprint density at radius 1 is 0.390 bits per heavy atom. The van der Waals surface area contributed by atoms with Crippen LogP contribution in [0.3, 0.4) is 0 Å². The van der Waals surface area contributed by atoms with E-state index in [1.807, 2.05) is 158 Å². The first-order chi connectivity index (χ1) is 67.5. The molecular weight excluding hydrogens is 1930 g/mol. The summed E-state index contributed by atoms with van der Waals surface area (Å²) in [6.45, 7) is 30.3. The van der Waals surface area contributed by atoms with Crippen LogP contribution in [-0.4, -0.2) is 263 Å². The minimum atomic E-state index is -1.50. The number of carbonyl (C=O) groups is 14. The molecule has 40 heteroatoms. The van der Waals surface area contributed by atoms with Crippen molar-refractivity contribution in [2.24, 2.45) is 32.8 Å². The number of nitrogens with zero attached hydrogens (tertiary/aromatic N) is 7. The van der Waals surface area contributed by atoms with E-state index in [4.69, 9.17) is 57.9 Å². The van der Waals surface area contributed by atoms with E-state index in [0.29, 0.717) is 77.8 Å². The smallest absolute Gasteiger partial charge is 0.410 e. The Morgan fingerprint density at radius 2 is 0.616 bits per heavy atom. The number of aliphatic carboxylic acids is 1. The van der Waals surface area contributed by atoms with Crippen LogP contribution in [0.4, 0.5) is 24.0 Å². The topological polar surface area (TPSA) is 492 Å². The molecule has 5 saturated heterocycles. The number of carboxylic acid groups (broad SMARTS) is 1. The number of likely N-dealkylation sites (tertiary alicyclic amines) is 5. The molecule has 5 aromatic rings. The highest BCUT2D eigenvalue weighted by molar-refractivity contribution is 5.88. The van der Waals surface area contributed by atoms with Crippen molar-refractivity contribution < 1.29 is 139 Å². The molecule has 5 aliphatic heterocycles. The van der Waals surface area contributed by atoms with Crippen LogP contribution < -0.4 is 11.2 Å². The van der Waals surface area contributed by atoms with Gasteiger partial charge in [-0.05, 0) is 196 Å². The zero-order chi connectivity index (χ0) is 108. The highest BCUT2D eigenvalue weighted by Gasteiger charge is 2.51. The number of amides is 7. The first kappa shape index (κ1) is 128. The van der Waals surface area contributed by atoms with Gasteiger partial charge in [-0.2, -0.15) is 5.26 Å². The second-order valence-corrected chi connectivity index (χ2v) is 41.3. The molecule has 5 aliphatic rings. The molecule has 5 fully saturated rings. The lowest BCUT2D eigenvalue weighted by molar-refractivity contribution is -0.187. The van der Waals surface area contributed by atoms with Gasteiger partial charge in [0, 0.05) is 95.8 Å². The SMILES string of the molecule is CC(C)(C)OC(=O)CC1(C(=O)O)CCN(C(=O)OCc2ccccc2)CC1.CC(C)(C)OC(=O)CC1(C(O)C#N)CCN(C(=O)OCc2ccccc2)CC1.CC(C)(C)OC(=O)CC1(C(O)C(N)=O)CCN(C(=O)OCc2ccccc2)CC1.CC(C)(C)OC(=O)CC1(C=O)CCN(C(=O)OCc2ccccc2)CC1.CNOC.CON(C)C(=O)C1(CC(=O)OC(C)(C)C)CCN(C(=O)OCc2ccccc2)CC1.Cl.Cl. The number of hydroxylamine groups is 3. The summed E-state index contributed by atoms with van der Waals surface area (Å²) in [5.41, 5.74) is 4.06. The third-order valence-corrected chi connectivity index (χ3v) is 24.1. The summed E-state index contributed by atoms with van der Waals surface area (Å²) < 4.78 is 53.4. The lowest BCUT2D eigenvalue weighted by Gasteiger charge is -2.43. The standard InChI is InChI=1S/C22H32N2O6.C21H30N2O6.C21H28N2O5.C20H27NO6.C20H27NO5.C2H7NO.2ClH/c1-21(2,3)30-18(25)15-22(19(26)23(4)28-5)11-13-24(14-12-22)20(27)29-16-17-9-7-6-8-10-17;1-20(2,3)29-16(24)13-21(17(25)18(22)26)9-11-23(12-10-21)19(27)28-14-15-7-5-4-6-8-15;1-20(2,3)28-18(25)13-21(17(24)14-22)9-11-23(12-10-21)19(26)27-15-16-7-5-4-6-8-16;1-19(2,3)27-16(22)13-20(17(23)24)9-11-21(12-10-20)18(25)26-14-15-7-5-4-6-8-15;1-19(2,3)26-17(23)13-20(15-22)9-11-21(12-10-20)18(24)25-14-16-7-5-4-6-8-16;1-3-4-2;;/h6-10H,11-16H2,1-5H3;4-8,17,25H,9-14H2,1-3H3,(H2,22,26);4-8,17,24H,9-13,15H2,1-3H3;4-8H,9-14H2,1-3H3,(H,23,24);4-8,15H,9-14H2,1-3H3;3H,1-2H3;2*1H. The van der Waals surface area contributed by atoms with Crippen molar-refractivity contribution in [3.05, 3.63) is 179 Å². The number of nitrogens with one attached hydrogen (secondary N) is 1. The van der Waals surface area contributed by atoms with Crippen LogP contribution in [0, 0.1) is 38.4 Å². The van der Waals surface area contributed by atoms with E-state index in [1.165, 1.54) is 24.0 Å². The zero-order valence-electron chi connectivity index (χ0n) is 87.9. The number of esters is 5. The number of ether oxygens (including phenoxy) is 10. The number of aldehydes is 1. The molecule has 0 saturated carbocycles. The van der Waals surface area contributed by atoms with E-state index >= 15 is 0 Å². The summed E-state index contributed by atoms with van der Waals surface area (Å²) >= 11 is 0. The number of piperidine rings is 5. The van der Waals surface area contributed by atoms with Crippen molar-refractivity contribution in [1.29, 1.82) is 5.26 Å². The van der Waals surface area contributed by atoms with Gasteiger partial charge in [0.25, 0.3) is 5.91 Å². The third kappa shape index (κ3) is 45.4. The number of nitriles is 1. The normalized spacial score (nSPS) is 16.3. The minimum Gasteiger partial charge on any atom is -0.481 e. The lowest BCUT2D eigenvalue weighted by atomic mass is 9.71. The fourth-order valence-corrected chi connectivity index (χ4v) is 16.2. The van der Waals surface area contributed by atoms with Crippen LogP contribution in [0.1, 0.15) is 228 Å². The summed E-state index contributed by atoms with van der Waals surface area (Å²) in [4.78, 5) is 188. The molecule has 10 rings (SSSR count). The molecule has 146 heavy (non-hydrogen) atoms. The number of carbonyl (C=O) groups excluding carboxylic acids is 13. The average molecular weight is 2090 g/mol. The van der Waals surface area contributed by atoms with Crippen molar-refractivity contribution in [2.45, 2.75) is 273 Å². The maximum atomic E-state index is 13.0. The summed E-state index contributed by atoms with van der Waals surface area (Å²) in [5, 5.41) is 40.7. The van der Waals surface area contributed by atoms with Crippen LogP contribution in [0.25, 0.3) is 0 Å². The molecule has 7 amide bonds. The van der Waals surface area contributed by atoms with Gasteiger partial charge in [0.15, 0.2) is 0 Å². The van der Waals surface area contributed by atoms with E-state index in [-0.39, 0.29) is 154 Å². The van der Waals surface area contributed by atoms with Gasteiger partial charge in [-0.15, -0.1) is 24.8 Å². The summed E-state index contributed by atoms with van der Waals surface area (Å²) in [7, 11) is 6.19. The van der Waals surface area contributed by atoms with E-state index < -0.39 is 134 Å². The van der Waals surface area contributed by atoms with E-state index in [9.17, 15) is 87.7 Å². The average Bonchev–Trinajstić information content (AvgIpc) is 0.789. The van der Waals surface area contributed by atoms with Crippen molar-refractivity contribution in [3.8, 4) is 6.07 Å². The molecule has 0 bridgehead atoms. The molecule has 0 aliphatic carbocycles. The maximum absolute atomic E-state index is 13.0. The van der Waals surface area contributed by atoms with Gasteiger partial charge in [-0.3, -0.25) is 43.2 Å². The molecule has 5 aromatic carbocycles. The first-order valence-corrected chi connectivity index (χ1v) is 48.1. The van der Waals surface area contributed by atoms with Gasteiger partial charge in [-0.25, -0.2) is 34.5 Å².